The van der Waals surface area contributed by atoms with E-state index in [1.165, 1.54) is 6.42 Å². The smallest absolute Gasteiger partial charge is 0.251 e. The number of aromatic nitrogens is 2. The minimum atomic E-state index is 0.0249. The number of fused-ring (bicyclic) bond motifs is 1. The van der Waals surface area contributed by atoms with E-state index in [1.54, 1.807) is 0 Å². The Hall–Kier alpha value is -2.14. The van der Waals surface area contributed by atoms with Crippen molar-refractivity contribution in [1.82, 2.24) is 15.1 Å². The molecule has 2 aromatic rings. The molecule has 4 rings (SSSR count). The Morgan fingerprint density at radius 3 is 3.09 bits per heavy atom. The van der Waals surface area contributed by atoms with Crippen molar-refractivity contribution in [2.45, 2.75) is 31.9 Å². The van der Waals surface area contributed by atoms with E-state index in [2.05, 4.69) is 16.5 Å². The number of hydrogen-bond acceptors (Lipinski definition) is 3. The molecule has 0 bridgehead atoms. The second-order valence-corrected chi connectivity index (χ2v) is 5.86. The third-order valence-electron chi connectivity index (χ3n) is 4.42. The Morgan fingerprint density at radius 2 is 2.23 bits per heavy atom. The van der Waals surface area contributed by atoms with E-state index in [4.69, 9.17) is 4.74 Å². The van der Waals surface area contributed by atoms with Crippen LogP contribution in [0.15, 0.2) is 30.5 Å². The van der Waals surface area contributed by atoms with Gasteiger partial charge in [0.1, 0.15) is 0 Å². The average molecular weight is 297 g/mol. The van der Waals surface area contributed by atoms with Gasteiger partial charge in [-0.15, -0.1) is 0 Å². The van der Waals surface area contributed by atoms with Crippen LogP contribution in [0.2, 0.25) is 0 Å². The summed E-state index contributed by atoms with van der Waals surface area (Å²) < 4.78 is 7.83. The molecule has 5 nitrogen and oxygen atoms in total. The normalized spacial score (nSPS) is 21.3. The summed E-state index contributed by atoms with van der Waals surface area (Å²) in [5, 5.41) is 7.33. The summed E-state index contributed by atoms with van der Waals surface area (Å²) in [4.78, 5) is 11.8. The lowest BCUT2D eigenvalue weighted by molar-refractivity contribution is -0.0383. The van der Waals surface area contributed by atoms with Crippen molar-refractivity contribution >= 4 is 5.91 Å². The molecule has 1 N–H and O–H groups in total. The predicted molar refractivity (Wildman–Crippen MR) is 82.5 cm³/mol. The van der Waals surface area contributed by atoms with Gasteiger partial charge in [-0.05, 0) is 49.4 Å². The third kappa shape index (κ3) is 2.31. The van der Waals surface area contributed by atoms with Gasteiger partial charge in [-0.3, -0.25) is 4.79 Å². The number of carbonyl (C=O) groups is 1. The molecule has 22 heavy (non-hydrogen) atoms. The fourth-order valence-electron chi connectivity index (χ4n) is 3.28. The van der Waals surface area contributed by atoms with Crippen molar-refractivity contribution in [2.24, 2.45) is 0 Å². The van der Waals surface area contributed by atoms with E-state index in [9.17, 15) is 4.79 Å². The standard InChI is InChI=1S/C17H19N3O2/c21-17-14-5-4-13(11-12(14)6-8-18-17)15-7-9-19-20(15)16-3-1-2-10-22-16/h4-5,7,9,11,16H,1-3,6,8,10H2,(H,18,21). The predicted octanol–water partition coefficient (Wildman–Crippen LogP) is 2.54. The molecule has 0 radical (unpaired) electrons. The molecule has 0 spiro atoms. The van der Waals surface area contributed by atoms with Gasteiger partial charge in [-0.2, -0.15) is 5.10 Å². The molecule has 1 amide bonds. The Morgan fingerprint density at radius 1 is 1.27 bits per heavy atom. The first-order valence-corrected chi connectivity index (χ1v) is 7.89. The first-order valence-electron chi connectivity index (χ1n) is 7.89. The number of amides is 1. The van der Waals surface area contributed by atoms with Crippen LogP contribution in [0.4, 0.5) is 0 Å². The van der Waals surface area contributed by atoms with Gasteiger partial charge in [0, 0.05) is 30.5 Å². The maximum absolute atomic E-state index is 11.8. The Balaban J connectivity index is 1.71. The third-order valence-corrected chi connectivity index (χ3v) is 4.42. The monoisotopic (exact) mass is 297 g/mol. The zero-order valence-electron chi connectivity index (χ0n) is 12.4. The zero-order valence-corrected chi connectivity index (χ0v) is 12.4. The topological polar surface area (TPSA) is 56.2 Å². The molecule has 1 atom stereocenters. The highest BCUT2D eigenvalue weighted by Gasteiger charge is 2.21. The summed E-state index contributed by atoms with van der Waals surface area (Å²) in [5.74, 6) is 0.0249. The molecule has 3 heterocycles. The van der Waals surface area contributed by atoms with Gasteiger partial charge in [0.2, 0.25) is 0 Å². The van der Waals surface area contributed by atoms with Gasteiger partial charge in [0.25, 0.3) is 5.91 Å². The van der Waals surface area contributed by atoms with Gasteiger partial charge in [-0.1, -0.05) is 6.07 Å². The van der Waals surface area contributed by atoms with E-state index >= 15 is 0 Å². The lowest BCUT2D eigenvalue weighted by atomic mass is 9.96. The van der Waals surface area contributed by atoms with Crippen molar-refractivity contribution in [3.05, 3.63) is 41.6 Å². The van der Waals surface area contributed by atoms with E-state index in [0.717, 1.165) is 48.3 Å². The summed E-state index contributed by atoms with van der Waals surface area (Å²) in [6, 6.07) is 8.05. The quantitative estimate of drug-likeness (QED) is 0.926. The molecular weight excluding hydrogens is 278 g/mol. The van der Waals surface area contributed by atoms with Gasteiger partial charge in [0.15, 0.2) is 6.23 Å². The van der Waals surface area contributed by atoms with Crippen molar-refractivity contribution in [1.29, 1.82) is 0 Å². The molecule has 0 aliphatic carbocycles. The van der Waals surface area contributed by atoms with Crippen molar-refractivity contribution in [3.8, 4) is 11.3 Å². The maximum Gasteiger partial charge on any atom is 0.251 e. The highest BCUT2D eigenvalue weighted by atomic mass is 16.5. The van der Waals surface area contributed by atoms with Gasteiger partial charge in [0.05, 0.1) is 5.69 Å². The van der Waals surface area contributed by atoms with Crippen molar-refractivity contribution in [3.63, 3.8) is 0 Å². The second-order valence-electron chi connectivity index (χ2n) is 5.86. The molecule has 114 valence electrons. The van der Waals surface area contributed by atoms with E-state index < -0.39 is 0 Å². The number of nitrogens with one attached hydrogen (secondary N) is 1. The summed E-state index contributed by atoms with van der Waals surface area (Å²) in [7, 11) is 0. The van der Waals surface area contributed by atoms with Crippen LogP contribution in [-0.2, 0) is 11.2 Å². The zero-order chi connectivity index (χ0) is 14.9. The highest BCUT2D eigenvalue weighted by Crippen LogP contribution is 2.29. The summed E-state index contributed by atoms with van der Waals surface area (Å²) in [6.07, 6.45) is 6.03. The van der Waals surface area contributed by atoms with Crippen LogP contribution in [-0.4, -0.2) is 28.8 Å². The first-order chi connectivity index (χ1) is 10.8. The largest absolute Gasteiger partial charge is 0.356 e. The van der Waals surface area contributed by atoms with Crippen LogP contribution >= 0.6 is 0 Å². The molecule has 1 saturated heterocycles. The minimum absolute atomic E-state index is 0.0249. The SMILES string of the molecule is O=C1NCCc2cc(-c3ccnn3C3CCCCO3)ccc21. The summed E-state index contributed by atoms with van der Waals surface area (Å²) in [5.41, 5.74) is 4.05. The molecule has 1 aromatic heterocycles. The minimum Gasteiger partial charge on any atom is -0.356 e. The maximum atomic E-state index is 11.8. The lowest BCUT2D eigenvalue weighted by Gasteiger charge is -2.25. The van der Waals surface area contributed by atoms with Crippen LogP contribution < -0.4 is 5.32 Å². The van der Waals surface area contributed by atoms with Crippen molar-refractivity contribution < 1.29 is 9.53 Å². The Kier molecular flexibility index (Phi) is 3.42. The summed E-state index contributed by atoms with van der Waals surface area (Å²) >= 11 is 0. The lowest BCUT2D eigenvalue weighted by Crippen LogP contribution is -2.31. The van der Waals surface area contributed by atoms with Crippen LogP contribution in [0.1, 0.15) is 41.4 Å². The van der Waals surface area contributed by atoms with Gasteiger partial charge < -0.3 is 10.1 Å². The van der Waals surface area contributed by atoms with Crippen LogP contribution in [0.3, 0.4) is 0 Å². The number of carbonyl (C=O) groups excluding carboxylic acids is 1. The molecule has 1 aromatic carbocycles. The van der Waals surface area contributed by atoms with Crippen molar-refractivity contribution in [2.75, 3.05) is 13.2 Å². The fourth-order valence-corrected chi connectivity index (χ4v) is 3.28. The highest BCUT2D eigenvalue weighted by molar-refractivity contribution is 5.97. The number of benzene rings is 1. The van der Waals surface area contributed by atoms with Crippen LogP contribution in [0.5, 0.6) is 0 Å². The van der Waals surface area contributed by atoms with Gasteiger partial charge in [-0.25, -0.2) is 4.68 Å². The molecule has 0 saturated carbocycles. The van der Waals surface area contributed by atoms with E-state index in [1.807, 2.05) is 29.1 Å². The first kappa shape index (κ1) is 13.5. The fraction of sp³-hybridized carbons (Fsp3) is 0.412. The van der Waals surface area contributed by atoms with Crippen LogP contribution in [0.25, 0.3) is 11.3 Å². The number of rotatable bonds is 2. The molecular formula is C17H19N3O2. The van der Waals surface area contributed by atoms with Crippen LogP contribution in [0, 0.1) is 0 Å². The second kappa shape index (κ2) is 5.57. The average Bonchev–Trinajstić information content (AvgIpc) is 3.05. The molecule has 1 fully saturated rings. The molecule has 2 aliphatic rings. The molecule has 1 unspecified atom stereocenters. The van der Waals surface area contributed by atoms with Gasteiger partial charge >= 0.3 is 0 Å². The summed E-state index contributed by atoms with van der Waals surface area (Å²) in [6.45, 7) is 1.51. The molecule has 5 heteroatoms. The number of nitrogens with zero attached hydrogens (tertiary/aromatic N) is 2. The van der Waals surface area contributed by atoms with E-state index in [-0.39, 0.29) is 12.1 Å². The number of ether oxygens (including phenoxy) is 1. The molecule has 2 aliphatic heterocycles. The number of hydrogen-bond donors (Lipinski definition) is 1. The van der Waals surface area contributed by atoms with E-state index in [0.29, 0.717) is 6.54 Å². The Bertz CT molecular complexity index is 702. The Labute approximate surface area is 129 Å².